The molecule has 1 amide bonds. The Morgan fingerprint density at radius 2 is 1.75 bits per heavy atom. The number of halogens is 1. The molecule has 1 heterocycles. The maximum atomic E-state index is 13.3. The molecule has 1 aromatic heterocycles. The number of nitrogens with one attached hydrogen (secondary N) is 1. The Morgan fingerprint density at radius 3 is 2.36 bits per heavy atom. The molecule has 144 valence electrons. The topological polar surface area (TPSA) is 76.1 Å². The van der Waals surface area contributed by atoms with Crippen molar-refractivity contribution in [3.63, 3.8) is 0 Å². The third kappa shape index (κ3) is 4.66. The molecule has 1 N–H and O–H groups in total. The lowest BCUT2D eigenvalue weighted by Crippen LogP contribution is -2.32. The molecule has 0 saturated carbocycles. The van der Waals surface area contributed by atoms with Crippen molar-refractivity contribution in [3.8, 4) is 0 Å². The first-order valence-corrected chi connectivity index (χ1v) is 11.0. The SMILES string of the molecule is Cc1ccc(S(=O)(=O)C(CNC(=O)c2ccc(Br)cc2)c2cccnc2)cc1. The van der Waals surface area contributed by atoms with Crippen molar-refractivity contribution in [2.45, 2.75) is 17.1 Å². The van der Waals surface area contributed by atoms with Gasteiger partial charge in [0.2, 0.25) is 0 Å². The number of benzene rings is 2. The van der Waals surface area contributed by atoms with E-state index in [1.54, 1.807) is 66.9 Å². The molecule has 0 fully saturated rings. The summed E-state index contributed by atoms with van der Waals surface area (Å²) in [5.74, 6) is -0.333. The van der Waals surface area contributed by atoms with Crippen LogP contribution in [0.25, 0.3) is 0 Å². The zero-order valence-corrected chi connectivity index (χ0v) is 17.6. The normalized spacial score (nSPS) is 12.4. The van der Waals surface area contributed by atoms with E-state index < -0.39 is 15.1 Å². The quantitative estimate of drug-likeness (QED) is 0.603. The van der Waals surface area contributed by atoms with Crippen molar-refractivity contribution in [1.82, 2.24) is 10.3 Å². The summed E-state index contributed by atoms with van der Waals surface area (Å²) in [5.41, 5.74) is 1.96. The Morgan fingerprint density at radius 1 is 1.07 bits per heavy atom. The van der Waals surface area contributed by atoms with Gasteiger partial charge in [0, 0.05) is 29.0 Å². The van der Waals surface area contributed by atoms with Gasteiger partial charge in [-0.05, 0) is 55.0 Å². The molecule has 0 saturated heterocycles. The van der Waals surface area contributed by atoms with E-state index in [9.17, 15) is 13.2 Å². The molecule has 3 rings (SSSR count). The maximum Gasteiger partial charge on any atom is 0.251 e. The van der Waals surface area contributed by atoms with Crippen molar-refractivity contribution < 1.29 is 13.2 Å². The first kappa shape index (κ1) is 20.2. The van der Waals surface area contributed by atoms with Gasteiger partial charge in [0.1, 0.15) is 5.25 Å². The number of pyridine rings is 1. The maximum absolute atomic E-state index is 13.3. The number of carbonyl (C=O) groups excluding carboxylic acids is 1. The van der Waals surface area contributed by atoms with Crippen LogP contribution in [0, 0.1) is 6.92 Å². The number of carbonyl (C=O) groups is 1. The third-order valence-corrected chi connectivity index (χ3v) is 6.98. The summed E-state index contributed by atoms with van der Waals surface area (Å²) >= 11 is 3.33. The van der Waals surface area contributed by atoms with E-state index in [0.29, 0.717) is 11.1 Å². The van der Waals surface area contributed by atoms with Gasteiger partial charge in [0.05, 0.1) is 4.90 Å². The van der Waals surface area contributed by atoms with Crippen molar-refractivity contribution in [2.75, 3.05) is 6.54 Å². The minimum Gasteiger partial charge on any atom is -0.350 e. The summed E-state index contributed by atoms with van der Waals surface area (Å²) in [7, 11) is -3.72. The Balaban J connectivity index is 1.88. The molecule has 0 spiro atoms. The van der Waals surface area contributed by atoms with E-state index in [-0.39, 0.29) is 17.3 Å². The molecule has 28 heavy (non-hydrogen) atoms. The molecular formula is C21H19BrN2O3S. The predicted octanol–water partition coefficient (Wildman–Crippen LogP) is 4.10. The van der Waals surface area contributed by atoms with E-state index >= 15 is 0 Å². The van der Waals surface area contributed by atoms with Gasteiger partial charge in [-0.15, -0.1) is 0 Å². The zero-order chi connectivity index (χ0) is 20.1. The largest absolute Gasteiger partial charge is 0.350 e. The number of sulfone groups is 1. The average molecular weight is 459 g/mol. The first-order valence-electron chi connectivity index (χ1n) is 8.62. The number of hydrogen-bond donors (Lipinski definition) is 1. The highest BCUT2D eigenvalue weighted by Gasteiger charge is 2.30. The molecule has 7 heteroatoms. The predicted molar refractivity (Wildman–Crippen MR) is 112 cm³/mol. The van der Waals surface area contributed by atoms with Crippen LogP contribution in [0.4, 0.5) is 0 Å². The fourth-order valence-corrected chi connectivity index (χ4v) is 4.66. The molecule has 0 radical (unpaired) electrons. The highest BCUT2D eigenvalue weighted by atomic mass is 79.9. The molecule has 3 aromatic rings. The summed E-state index contributed by atoms with van der Waals surface area (Å²) in [6.07, 6.45) is 3.10. The van der Waals surface area contributed by atoms with Crippen LogP contribution in [0.3, 0.4) is 0 Å². The zero-order valence-electron chi connectivity index (χ0n) is 15.2. The lowest BCUT2D eigenvalue weighted by Gasteiger charge is -2.19. The minimum absolute atomic E-state index is 0.0587. The Bertz CT molecular complexity index is 1050. The molecule has 0 aliphatic carbocycles. The van der Waals surface area contributed by atoms with Gasteiger partial charge < -0.3 is 5.32 Å². The van der Waals surface area contributed by atoms with Gasteiger partial charge in [0.25, 0.3) is 5.91 Å². The van der Waals surface area contributed by atoms with Crippen LogP contribution < -0.4 is 5.32 Å². The molecule has 5 nitrogen and oxygen atoms in total. The lowest BCUT2D eigenvalue weighted by atomic mass is 10.2. The fraction of sp³-hybridized carbons (Fsp3) is 0.143. The number of aryl methyl sites for hydroxylation is 1. The van der Waals surface area contributed by atoms with Gasteiger partial charge in [-0.2, -0.15) is 0 Å². The standard InChI is InChI=1S/C21H19BrN2O3S/c1-15-4-10-19(11-5-15)28(26,27)20(17-3-2-12-23-13-17)14-24-21(25)16-6-8-18(22)9-7-16/h2-13,20H,14H2,1H3,(H,24,25). The first-order chi connectivity index (χ1) is 13.4. The summed E-state index contributed by atoms with van der Waals surface area (Å²) in [4.78, 5) is 16.7. The summed E-state index contributed by atoms with van der Waals surface area (Å²) in [5, 5.41) is 1.80. The number of amides is 1. The lowest BCUT2D eigenvalue weighted by molar-refractivity contribution is 0.0953. The molecule has 1 atom stereocenters. The van der Waals surface area contributed by atoms with Crippen LogP contribution >= 0.6 is 15.9 Å². The third-order valence-electron chi connectivity index (χ3n) is 4.33. The minimum atomic E-state index is -3.72. The molecule has 0 aliphatic rings. The Hall–Kier alpha value is -2.51. The van der Waals surface area contributed by atoms with Gasteiger partial charge in [0.15, 0.2) is 9.84 Å². The smallest absolute Gasteiger partial charge is 0.251 e. The Kier molecular flexibility index (Phi) is 6.26. The number of hydrogen-bond acceptors (Lipinski definition) is 4. The molecule has 2 aromatic carbocycles. The number of aromatic nitrogens is 1. The summed E-state index contributed by atoms with van der Waals surface area (Å²) in [6.45, 7) is 1.84. The number of nitrogens with zero attached hydrogens (tertiary/aromatic N) is 1. The highest BCUT2D eigenvalue weighted by molar-refractivity contribution is 9.10. The van der Waals surface area contributed by atoms with Crippen LogP contribution in [0.5, 0.6) is 0 Å². The Labute approximate surface area is 172 Å². The van der Waals surface area contributed by atoms with Crippen LogP contribution in [0.1, 0.15) is 26.7 Å². The van der Waals surface area contributed by atoms with Crippen LogP contribution in [0.2, 0.25) is 0 Å². The van der Waals surface area contributed by atoms with Gasteiger partial charge >= 0.3 is 0 Å². The van der Waals surface area contributed by atoms with Crippen molar-refractivity contribution >= 4 is 31.7 Å². The number of rotatable bonds is 6. The summed E-state index contributed by atoms with van der Waals surface area (Å²) in [6, 6.07) is 16.9. The molecule has 0 aliphatic heterocycles. The van der Waals surface area contributed by atoms with Crippen molar-refractivity contribution in [2.24, 2.45) is 0 Å². The molecular weight excluding hydrogens is 440 g/mol. The second-order valence-electron chi connectivity index (χ2n) is 6.35. The molecule has 1 unspecified atom stereocenters. The molecule has 0 bridgehead atoms. The summed E-state index contributed by atoms with van der Waals surface area (Å²) < 4.78 is 27.4. The second kappa shape index (κ2) is 8.67. The van der Waals surface area contributed by atoms with E-state index in [0.717, 1.165) is 10.0 Å². The second-order valence-corrected chi connectivity index (χ2v) is 9.40. The van der Waals surface area contributed by atoms with E-state index in [1.807, 2.05) is 6.92 Å². The van der Waals surface area contributed by atoms with Gasteiger partial charge in [-0.25, -0.2) is 8.42 Å². The van der Waals surface area contributed by atoms with Crippen LogP contribution in [-0.2, 0) is 9.84 Å². The monoisotopic (exact) mass is 458 g/mol. The van der Waals surface area contributed by atoms with E-state index in [1.165, 1.54) is 6.20 Å². The average Bonchev–Trinajstić information content (AvgIpc) is 2.69. The van der Waals surface area contributed by atoms with Gasteiger partial charge in [-0.3, -0.25) is 9.78 Å². The van der Waals surface area contributed by atoms with Crippen LogP contribution in [0.15, 0.2) is 82.4 Å². The van der Waals surface area contributed by atoms with E-state index in [4.69, 9.17) is 0 Å². The van der Waals surface area contributed by atoms with Crippen molar-refractivity contribution in [3.05, 3.63) is 94.2 Å². The highest BCUT2D eigenvalue weighted by Crippen LogP contribution is 2.28. The fourth-order valence-electron chi connectivity index (χ4n) is 2.75. The van der Waals surface area contributed by atoms with Crippen LogP contribution in [-0.4, -0.2) is 25.9 Å². The van der Waals surface area contributed by atoms with E-state index in [2.05, 4.69) is 26.2 Å². The van der Waals surface area contributed by atoms with Gasteiger partial charge in [-0.1, -0.05) is 39.7 Å². The van der Waals surface area contributed by atoms with Crippen molar-refractivity contribution in [1.29, 1.82) is 0 Å².